The number of amides is 2. The summed E-state index contributed by atoms with van der Waals surface area (Å²) in [6.45, 7) is 2.57. The van der Waals surface area contributed by atoms with Gasteiger partial charge in [0.2, 0.25) is 0 Å². The Bertz CT molecular complexity index is 1050. The molecule has 4 rings (SSSR count). The van der Waals surface area contributed by atoms with Gasteiger partial charge in [-0.2, -0.15) is 0 Å². The molecule has 3 aromatic rings. The molecule has 1 saturated heterocycles. The third-order valence-electron chi connectivity index (χ3n) is 5.26. The summed E-state index contributed by atoms with van der Waals surface area (Å²) in [5.74, 6) is 2.27. The average Bonchev–Trinajstić information content (AvgIpc) is 2.84. The van der Waals surface area contributed by atoms with Crippen LogP contribution in [-0.4, -0.2) is 61.3 Å². The highest BCUT2D eigenvalue weighted by molar-refractivity contribution is 5.91. The van der Waals surface area contributed by atoms with E-state index in [1.54, 1.807) is 25.4 Å². The molecule has 1 N–H and O–H groups in total. The minimum absolute atomic E-state index is 0.135. The molecule has 2 heterocycles. The smallest absolute Gasteiger partial charge is 0.322 e. The summed E-state index contributed by atoms with van der Waals surface area (Å²) in [7, 11) is 3.24. The van der Waals surface area contributed by atoms with Crippen LogP contribution < -0.4 is 19.7 Å². The SMILES string of the molecule is COc1cccc(-c2cc(N3CCN(C(=O)Nc4ccccc4OC)CC3)ncn2)c1. The lowest BCUT2D eigenvalue weighted by molar-refractivity contribution is 0.208. The van der Waals surface area contributed by atoms with Crippen LogP contribution in [0.25, 0.3) is 11.3 Å². The van der Waals surface area contributed by atoms with E-state index >= 15 is 0 Å². The lowest BCUT2D eigenvalue weighted by Crippen LogP contribution is -2.50. The zero-order valence-electron chi connectivity index (χ0n) is 17.6. The molecule has 1 aliphatic heterocycles. The van der Waals surface area contributed by atoms with Gasteiger partial charge in [-0.25, -0.2) is 14.8 Å². The van der Waals surface area contributed by atoms with E-state index in [9.17, 15) is 4.79 Å². The Hall–Kier alpha value is -3.81. The van der Waals surface area contributed by atoms with Crippen LogP contribution in [0.3, 0.4) is 0 Å². The molecule has 1 fully saturated rings. The number of nitrogens with one attached hydrogen (secondary N) is 1. The molecule has 0 saturated carbocycles. The fourth-order valence-electron chi connectivity index (χ4n) is 3.54. The van der Waals surface area contributed by atoms with E-state index in [2.05, 4.69) is 20.2 Å². The van der Waals surface area contributed by atoms with E-state index in [4.69, 9.17) is 9.47 Å². The van der Waals surface area contributed by atoms with Gasteiger partial charge in [-0.1, -0.05) is 24.3 Å². The van der Waals surface area contributed by atoms with E-state index in [-0.39, 0.29) is 6.03 Å². The Balaban J connectivity index is 1.40. The molecule has 2 aromatic carbocycles. The summed E-state index contributed by atoms with van der Waals surface area (Å²) in [5.41, 5.74) is 2.47. The first-order valence-corrected chi connectivity index (χ1v) is 10.1. The van der Waals surface area contributed by atoms with Gasteiger partial charge < -0.3 is 24.6 Å². The molecule has 1 aliphatic rings. The molecule has 0 aliphatic carbocycles. The summed E-state index contributed by atoms with van der Waals surface area (Å²) < 4.78 is 10.6. The van der Waals surface area contributed by atoms with Crippen LogP contribution in [-0.2, 0) is 0 Å². The molecular formula is C23H25N5O3. The number of para-hydroxylation sites is 2. The lowest BCUT2D eigenvalue weighted by Gasteiger charge is -2.35. The molecule has 31 heavy (non-hydrogen) atoms. The zero-order chi connectivity index (χ0) is 21.6. The number of hydrogen-bond donors (Lipinski definition) is 1. The normalized spacial score (nSPS) is 13.6. The minimum Gasteiger partial charge on any atom is -0.497 e. The number of piperazine rings is 1. The first-order chi connectivity index (χ1) is 15.2. The van der Waals surface area contributed by atoms with Gasteiger partial charge in [0.15, 0.2) is 0 Å². The number of methoxy groups -OCH3 is 2. The van der Waals surface area contributed by atoms with Gasteiger partial charge in [-0.3, -0.25) is 0 Å². The van der Waals surface area contributed by atoms with Crippen LogP contribution in [0.2, 0.25) is 0 Å². The standard InChI is InChI=1S/C23H25N5O3/c1-30-18-7-5-6-17(14-18)20-15-22(25-16-24-20)27-10-12-28(13-11-27)23(29)26-19-8-3-4-9-21(19)31-2/h3-9,14-16H,10-13H2,1-2H3,(H,26,29). The van der Waals surface area contributed by atoms with E-state index in [0.29, 0.717) is 37.6 Å². The molecule has 8 heteroatoms. The zero-order valence-corrected chi connectivity index (χ0v) is 17.6. The summed E-state index contributed by atoms with van der Waals surface area (Å²) in [6.07, 6.45) is 1.57. The van der Waals surface area contributed by atoms with E-state index in [1.165, 1.54) is 0 Å². The number of ether oxygens (including phenoxy) is 2. The number of carbonyl (C=O) groups is 1. The van der Waals surface area contributed by atoms with E-state index < -0.39 is 0 Å². The lowest BCUT2D eigenvalue weighted by atomic mass is 10.1. The maximum absolute atomic E-state index is 12.7. The number of aromatic nitrogens is 2. The third kappa shape index (κ3) is 4.69. The third-order valence-corrected chi connectivity index (χ3v) is 5.26. The second-order valence-corrected chi connectivity index (χ2v) is 7.10. The van der Waals surface area contributed by atoms with Crippen molar-refractivity contribution in [3.05, 3.63) is 60.9 Å². The number of rotatable bonds is 5. The largest absolute Gasteiger partial charge is 0.497 e. The van der Waals surface area contributed by atoms with Crippen LogP contribution in [0.5, 0.6) is 11.5 Å². The van der Waals surface area contributed by atoms with Crippen molar-refractivity contribution in [1.82, 2.24) is 14.9 Å². The Labute approximate surface area is 181 Å². The van der Waals surface area contributed by atoms with Crippen molar-refractivity contribution >= 4 is 17.5 Å². The van der Waals surface area contributed by atoms with Gasteiger partial charge >= 0.3 is 6.03 Å². The molecule has 8 nitrogen and oxygen atoms in total. The second kappa shape index (κ2) is 9.34. The molecule has 1 aromatic heterocycles. The summed E-state index contributed by atoms with van der Waals surface area (Å²) in [4.78, 5) is 25.5. The van der Waals surface area contributed by atoms with Crippen LogP contribution in [0.1, 0.15) is 0 Å². The molecule has 160 valence electrons. The van der Waals surface area contributed by atoms with Crippen molar-refractivity contribution in [3.8, 4) is 22.8 Å². The van der Waals surface area contributed by atoms with Gasteiger partial charge in [0, 0.05) is 37.8 Å². The molecule has 0 spiro atoms. The Kier molecular flexibility index (Phi) is 6.16. The number of carbonyl (C=O) groups excluding carboxylic acids is 1. The van der Waals surface area contributed by atoms with E-state index in [0.717, 1.165) is 22.8 Å². The van der Waals surface area contributed by atoms with Gasteiger partial charge in [0.25, 0.3) is 0 Å². The Morgan fingerprint density at radius 2 is 1.74 bits per heavy atom. The predicted octanol–water partition coefficient (Wildman–Crippen LogP) is 3.51. The van der Waals surface area contributed by atoms with Gasteiger partial charge in [-0.15, -0.1) is 0 Å². The van der Waals surface area contributed by atoms with Crippen molar-refractivity contribution < 1.29 is 14.3 Å². The second-order valence-electron chi connectivity index (χ2n) is 7.10. The number of urea groups is 1. The van der Waals surface area contributed by atoms with Crippen molar-refractivity contribution in [2.45, 2.75) is 0 Å². The number of hydrogen-bond acceptors (Lipinski definition) is 6. The fourth-order valence-corrected chi connectivity index (χ4v) is 3.54. The van der Waals surface area contributed by atoms with E-state index in [1.807, 2.05) is 54.6 Å². The van der Waals surface area contributed by atoms with Crippen LogP contribution in [0.15, 0.2) is 60.9 Å². The molecule has 0 bridgehead atoms. The highest BCUT2D eigenvalue weighted by Gasteiger charge is 2.23. The van der Waals surface area contributed by atoms with Gasteiger partial charge in [0.1, 0.15) is 23.6 Å². The average molecular weight is 419 g/mol. The number of anilines is 2. The molecule has 2 amide bonds. The maximum Gasteiger partial charge on any atom is 0.322 e. The highest BCUT2D eigenvalue weighted by Crippen LogP contribution is 2.26. The summed E-state index contributed by atoms with van der Waals surface area (Å²) >= 11 is 0. The molecule has 0 radical (unpaired) electrons. The van der Waals surface area contributed by atoms with Gasteiger partial charge in [0.05, 0.1) is 25.6 Å². The van der Waals surface area contributed by atoms with Crippen molar-refractivity contribution in [1.29, 1.82) is 0 Å². The summed E-state index contributed by atoms with van der Waals surface area (Å²) in [6, 6.07) is 17.0. The first-order valence-electron chi connectivity index (χ1n) is 10.1. The fraction of sp³-hybridized carbons (Fsp3) is 0.261. The molecule has 0 unspecified atom stereocenters. The minimum atomic E-state index is -0.135. The van der Waals surface area contributed by atoms with Crippen LogP contribution >= 0.6 is 0 Å². The molecule has 0 atom stereocenters. The molecular weight excluding hydrogens is 394 g/mol. The number of benzene rings is 2. The maximum atomic E-state index is 12.7. The monoisotopic (exact) mass is 419 g/mol. The first kappa shape index (κ1) is 20.5. The Morgan fingerprint density at radius 1 is 0.935 bits per heavy atom. The summed E-state index contributed by atoms with van der Waals surface area (Å²) in [5, 5.41) is 2.93. The highest BCUT2D eigenvalue weighted by atomic mass is 16.5. The van der Waals surface area contributed by atoms with Crippen LogP contribution in [0, 0.1) is 0 Å². The Morgan fingerprint density at radius 3 is 2.52 bits per heavy atom. The van der Waals surface area contributed by atoms with Crippen LogP contribution in [0.4, 0.5) is 16.3 Å². The van der Waals surface area contributed by atoms with Crippen molar-refractivity contribution in [2.24, 2.45) is 0 Å². The number of nitrogens with zero attached hydrogens (tertiary/aromatic N) is 4. The van der Waals surface area contributed by atoms with Gasteiger partial charge in [-0.05, 0) is 24.3 Å². The van der Waals surface area contributed by atoms with Crippen molar-refractivity contribution in [3.63, 3.8) is 0 Å². The quantitative estimate of drug-likeness (QED) is 0.682. The van der Waals surface area contributed by atoms with Crippen molar-refractivity contribution in [2.75, 3.05) is 50.6 Å². The topological polar surface area (TPSA) is 79.8 Å². The predicted molar refractivity (Wildman–Crippen MR) is 120 cm³/mol.